The Hall–Kier alpha value is -0.780. The Bertz CT molecular complexity index is 531. The van der Waals surface area contributed by atoms with E-state index in [4.69, 9.17) is 17.3 Å². The largest absolute Gasteiger partial charge is 0.399 e. The zero-order valence-electron chi connectivity index (χ0n) is 11.5. The van der Waals surface area contributed by atoms with Crippen molar-refractivity contribution in [1.82, 2.24) is 4.72 Å². The van der Waals surface area contributed by atoms with Crippen molar-refractivity contribution in [2.45, 2.75) is 50.5 Å². The van der Waals surface area contributed by atoms with E-state index in [-0.39, 0.29) is 9.92 Å². The molecule has 1 aromatic rings. The van der Waals surface area contributed by atoms with E-state index in [0.717, 1.165) is 19.3 Å². The number of nitrogens with two attached hydrogens (primary N) is 1. The fourth-order valence-corrected chi connectivity index (χ4v) is 4.21. The molecule has 1 aromatic carbocycles. The van der Waals surface area contributed by atoms with Gasteiger partial charge in [-0.05, 0) is 37.5 Å². The van der Waals surface area contributed by atoms with Crippen molar-refractivity contribution in [1.29, 1.82) is 0 Å². The molecule has 0 saturated carbocycles. The van der Waals surface area contributed by atoms with Crippen LogP contribution in [0.5, 0.6) is 0 Å². The monoisotopic (exact) mass is 304 g/mol. The van der Waals surface area contributed by atoms with Crippen LogP contribution < -0.4 is 10.5 Å². The van der Waals surface area contributed by atoms with Gasteiger partial charge >= 0.3 is 0 Å². The maximum atomic E-state index is 12.4. The second kappa shape index (κ2) is 6.11. The summed E-state index contributed by atoms with van der Waals surface area (Å²) in [5.41, 5.74) is 5.59. The van der Waals surface area contributed by atoms with Crippen LogP contribution in [0.1, 0.15) is 40.0 Å². The lowest BCUT2D eigenvalue weighted by Crippen LogP contribution is -2.47. The molecule has 0 aliphatic carbocycles. The van der Waals surface area contributed by atoms with Crippen LogP contribution >= 0.6 is 11.6 Å². The first-order valence-corrected chi connectivity index (χ1v) is 8.25. The molecular weight excluding hydrogens is 284 g/mol. The standard InChI is InChI=1S/C13H21ClN2O2S/c1-4-13(5-2,6-3)16-19(17,18)12-8-7-10(15)9-11(12)14/h7-9,16H,4-6,15H2,1-3H3. The number of hydrogen-bond donors (Lipinski definition) is 2. The van der Waals surface area contributed by atoms with Gasteiger partial charge in [-0.15, -0.1) is 0 Å². The number of nitrogens with one attached hydrogen (secondary N) is 1. The topological polar surface area (TPSA) is 72.2 Å². The summed E-state index contributed by atoms with van der Waals surface area (Å²) in [7, 11) is -3.64. The van der Waals surface area contributed by atoms with E-state index in [1.54, 1.807) is 0 Å². The average Bonchev–Trinajstić information content (AvgIpc) is 2.35. The zero-order chi connectivity index (χ0) is 14.7. The molecule has 0 bridgehead atoms. The second-order valence-electron chi connectivity index (χ2n) is 4.64. The fourth-order valence-electron chi connectivity index (χ4n) is 2.04. The minimum Gasteiger partial charge on any atom is -0.399 e. The molecule has 19 heavy (non-hydrogen) atoms. The third kappa shape index (κ3) is 3.61. The summed E-state index contributed by atoms with van der Waals surface area (Å²) in [6.07, 6.45) is 2.18. The summed E-state index contributed by atoms with van der Waals surface area (Å²) in [5.74, 6) is 0. The van der Waals surface area contributed by atoms with E-state index >= 15 is 0 Å². The highest BCUT2D eigenvalue weighted by Crippen LogP contribution is 2.27. The molecule has 0 heterocycles. The second-order valence-corrected chi connectivity index (χ2v) is 6.69. The number of rotatable bonds is 6. The quantitative estimate of drug-likeness (QED) is 0.793. The zero-order valence-corrected chi connectivity index (χ0v) is 13.1. The molecule has 108 valence electrons. The van der Waals surface area contributed by atoms with Gasteiger partial charge in [0.1, 0.15) is 4.90 Å². The van der Waals surface area contributed by atoms with Crippen molar-refractivity contribution in [3.8, 4) is 0 Å². The molecule has 0 aliphatic rings. The summed E-state index contributed by atoms with van der Waals surface area (Å²) >= 11 is 5.97. The molecule has 6 heteroatoms. The highest BCUT2D eigenvalue weighted by atomic mass is 35.5. The van der Waals surface area contributed by atoms with E-state index in [2.05, 4.69) is 4.72 Å². The SMILES string of the molecule is CCC(CC)(CC)NS(=O)(=O)c1ccc(N)cc1Cl. The Kier molecular flexibility index (Phi) is 5.24. The highest BCUT2D eigenvalue weighted by Gasteiger charge is 2.31. The molecule has 4 nitrogen and oxygen atoms in total. The molecule has 0 amide bonds. The number of benzene rings is 1. The lowest BCUT2D eigenvalue weighted by atomic mass is 9.91. The Labute approximate surface area is 120 Å². The van der Waals surface area contributed by atoms with Crippen LogP contribution in [0, 0.1) is 0 Å². The van der Waals surface area contributed by atoms with Gasteiger partial charge in [-0.3, -0.25) is 0 Å². The van der Waals surface area contributed by atoms with Gasteiger partial charge in [-0.2, -0.15) is 0 Å². The highest BCUT2D eigenvalue weighted by molar-refractivity contribution is 7.89. The molecule has 0 aromatic heterocycles. The van der Waals surface area contributed by atoms with Gasteiger partial charge in [0, 0.05) is 11.2 Å². The van der Waals surface area contributed by atoms with Crippen molar-refractivity contribution < 1.29 is 8.42 Å². The minimum atomic E-state index is -3.64. The molecule has 0 aliphatic heterocycles. The lowest BCUT2D eigenvalue weighted by molar-refractivity contribution is 0.341. The van der Waals surface area contributed by atoms with Gasteiger partial charge in [0.05, 0.1) is 5.02 Å². The smallest absolute Gasteiger partial charge is 0.242 e. The number of nitrogen functional groups attached to an aromatic ring is 1. The maximum absolute atomic E-state index is 12.4. The van der Waals surface area contributed by atoms with E-state index in [1.807, 2.05) is 20.8 Å². The Morgan fingerprint density at radius 2 is 1.74 bits per heavy atom. The van der Waals surface area contributed by atoms with Gasteiger partial charge in [-0.1, -0.05) is 32.4 Å². The third-order valence-corrected chi connectivity index (χ3v) is 5.69. The maximum Gasteiger partial charge on any atom is 0.242 e. The third-order valence-electron chi connectivity index (χ3n) is 3.63. The predicted octanol–water partition coefficient (Wildman–Crippen LogP) is 3.17. The van der Waals surface area contributed by atoms with Crippen LogP contribution in [0.4, 0.5) is 5.69 Å². The predicted molar refractivity (Wildman–Crippen MR) is 79.8 cm³/mol. The van der Waals surface area contributed by atoms with Crippen molar-refractivity contribution in [3.05, 3.63) is 23.2 Å². The minimum absolute atomic E-state index is 0.0723. The van der Waals surface area contributed by atoms with Crippen molar-refractivity contribution in [2.24, 2.45) is 0 Å². The van der Waals surface area contributed by atoms with Gasteiger partial charge in [0.2, 0.25) is 10.0 Å². The van der Waals surface area contributed by atoms with Gasteiger partial charge in [-0.25, -0.2) is 13.1 Å². The normalized spacial score (nSPS) is 12.6. The molecule has 0 unspecified atom stereocenters. The Morgan fingerprint density at radius 3 is 2.16 bits per heavy atom. The van der Waals surface area contributed by atoms with E-state index in [9.17, 15) is 8.42 Å². The molecule has 0 saturated heterocycles. The molecule has 0 atom stereocenters. The lowest BCUT2D eigenvalue weighted by Gasteiger charge is -2.31. The van der Waals surface area contributed by atoms with Crippen LogP contribution in [-0.2, 0) is 10.0 Å². The first kappa shape index (κ1) is 16.3. The summed E-state index contributed by atoms with van der Waals surface area (Å²) in [5, 5.41) is 0.143. The molecular formula is C13H21ClN2O2S. The van der Waals surface area contributed by atoms with Crippen LogP contribution in [0.15, 0.2) is 23.1 Å². The van der Waals surface area contributed by atoms with Crippen molar-refractivity contribution >= 4 is 27.3 Å². The Morgan fingerprint density at radius 1 is 1.21 bits per heavy atom. The fraction of sp³-hybridized carbons (Fsp3) is 0.538. The first-order valence-electron chi connectivity index (χ1n) is 6.39. The molecule has 0 spiro atoms. The van der Waals surface area contributed by atoms with Crippen molar-refractivity contribution in [2.75, 3.05) is 5.73 Å². The van der Waals surface area contributed by atoms with Crippen LogP contribution in [0.3, 0.4) is 0 Å². The molecule has 3 N–H and O–H groups in total. The van der Waals surface area contributed by atoms with Gasteiger partial charge in [0.25, 0.3) is 0 Å². The van der Waals surface area contributed by atoms with Crippen LogP contribution in [-0.4, -0.2) is 14.0 Å². The van der Waals surface area contributed by atoms with Gasteiger partial charge < -0.3 is 5.73 Å². The van der Waals surface area contributed by atoms with E-state index in [0.29, 0.717) is 5.69 Å². The summed E-state index contributed by atoms with van der Waals surface area (Å²) < 4.78 is 27.6. The summed E-state index contributed by atoms with van der Waals surface area (Å²) in [6.45, 7) is 5.92. The summed E-state index contributed by atoms with van der Waals surface area (Å²) in [6, 6.07) is 4.42. The molecule has 0 fully saturated rings. The van der Waals surface area contributed by atoms with Crippen LogP contribution in [0.25, 0.3) is 0 Å². The average molecular weight is 305 g/mol. The van der Waals surface area contributed by atoms with Gasteiger partial charge in [0.15, 0.2) is 0 Å². The Balaban J connectivity index is 3.17. The van der Waals surface area contributed by atoms with E-state index < -0.39 is 15.6 Å². The summed E-state index contributed by atoms with van der Waals surface area (Å²) in [4.78, 5) is 0.0723. The number of halogens is 1. The first-order chi connectivity index (χ1) is 8.80. The number of sulfonamides is 1. The van der Waals surface area contributed by atoms with Crippen molar-refractivity contribution in [3.63, 3.8) is 0 Å². The number of anilines is 1. The van der Waals surface area contributed by atoms with E-state index in [1.165, 1.54) is 18.2 Å². The number of hydrogen-bond acceptors (Lipinski definition) is 3. The molecule has 0 radical (unpaired) electrons. The van der Waals surface area contributed by atoms with Crippen LogP contribution in [0.2, 0.25) is 5.02 Å². The molecule has 1 rings (SSSR count).